The third-order valence-electron chi connectivity index (χ3n) is 4.28. The molecule has 0 bridgehead atoms. The minimum atomic E-state index is 0.0919. The first-order valence-corrected chi connectivity index (χ1v) is 10.1. The molecule has 138 valence electrons. The van der Waals surface area contributed by atoms with Gasteiger partial charge in [0, 0.05) is 23.1 Å². The second kappa shape index (κ2) is 7.32. The van der Waals surface area contributed by atoms with Gasteiger partial charge < -0.3 is 14.6 Å². The molecule has 0 aliphatic heterocycles. The number of hydrogen-bond acceptors (Lipinski definition) is 6. The van der Waals surface area contributed by atoms with E-state index >= 15 is 0 Å². The lowest BCUT2D eigenvalue weighted by molar-refractivity contribution is 0.317. The van der Waals surface area contributed by atoms with Gasteiger partial charge in [-0.05, 0) is 64.3 Å². The maximum Gasteiger partial charge on any atom is 0.209 e. The number of thiazole rings is 1. The van der Waals surface area contributed by atoms with Crippen LogP contribution in [0.3, 0.4) is 0 Å². The number of aliphatic imine (C=N–C) groups is 1. The van der Waals surface area contributed by atoms with Gasteiger partial charge in [0.25, 0.3) is 0 Å². The maximum absolute atomic E-state index is 10.0. The number of ether oxygens (including phenoxy) is 2. The predicted molar refractivity (Wildman–Crippen MR) is 111 cm³/mol. The summed E-state index contributed by atoms with van der Waals surface area (Å²) in [6, 6.07) is 9.63. The number of hydrogen-bond donors (Lipinski definition) is 1. The quantitative estimate of drug-likeness (QED) is 0.421. The van der Waals surface area contributed by atoms with E-state index in [9.17, 15) is 5.11 Å². The molecule has 4 rings (SSSR count). The molecule has 1 aliphatic carbocycles. The van der Waals surface area contributed by atoms with Crippen molar-refractivity contribution >= 4 is 38.6 Å². The average Bonchev–Trinajstić information content (AvgIpc) is 3.20. The normalized spacial score (nSPS) is 12.3. The molecule has 1 aliphatic rings. The Bertz CT molecular complexity index is 1050. The summed E-state index contributed by atoms with van der Waals surface area (Å²) in [7, 11) is 1.68. The third-order valence-corrected chi connectivity index (χ3v) is 5.85. The van der Waals surface area contributed by atoms with Gasteiger partial charge in [0.15, 0.2) is 11.5 Å². The fourth-order valence-corrected chi connectivity index (χ4v) is 4.44. The maximum atomic E-state index is 10.0. The highest BCUT2D eigenvalue weighted by Gasteiger charge is 2.23. The number of phenolic OH excluding ortho intramolecular Hbond substituents is 1. The Labute approximate surface area is 169 Å². The number of phenols is 1. The molecule has 0 saturated carbocycles. The lowest BCUT2D eigenvalue weighted by atomic mass is 10.1. The van der Waals surface area contributed by atoms with Crippen LogP contribution in [-0.2, 0) is 6.42 Å². The molecule has 0 amide bonds. The van der Waals surface area contributed by atoms with Crippen LogP contribution in [-0.4, -0.2) is 30.0 Å². The minimum absolute atomic E-state index is 0.0919. The van der Waals surface area contributed by atoms with E-state index in [0.717, 1.165) is 29.0 Å². The summed E-state index contributed by atoms with van der Waals surface area (Å²) < 4.78 is 11.3. The Hall–Kier alpha value is -2.38. The summed E-state index contributed by atoms with van der Waals surface area (Å²) in [5, 5.41) is 10.7. The highest BCUT2D eigenvalue weighted by Crippen LogP contribution is 2.43. The van der Waals surface area contributed by atoms with Crippen LogP contribution in [0.1, 0.15) is 22.9 Å². The number of benzene rings is 2. The minimum Gasteiger partial charge on any atom is -0.503 e. The van der Waals surface area contributed by atoms with Crippen LogP contribution in [0, 0.1) is 0 Å². The van der Waals surface area contributed by atoms with E-state index in [0.29, 0.717) is 22.0 Å². The number of methoxy groups -OCH3 is 1. The molecule has 5 nitrogen and oxygen atoms in total. The monoisotopic (exact) mass is 444 g/mol. The zero-order valence-corrected chi connectivity index (χ0v) is 17.2. The van der Waals surface area contributed by atoms with Crippen LogP contribution in [0.15, 0.2) is 39.8 Å². The standard InChI is InChI=1S/C20H17BrN2O3S/c1-3-26-16-7-11(6-15(21)19(16)24)10-22-20-23-18-14-5-4-13(25-2)8-12(14)9-17(18)27-20/h4-8,10,24H,3,9H2,1-2H3. The van der Waals surface area contributed by atoms with Gasteiger partial charge in [-0.1, -0.05) is 11.3 Å². The van der Waals surface area contributed by atoms with Gasteiger partial charge in [-0.2, -0.15) is 0 Å². The van der Waals surface area contributed by atoms with Crippen molar-refractivity contribution in [3.05, 3.63) is 50.8 Å². The second-order valence-corrected chi connectivity index (χ2v) is 7.93. The average molecular weight is 445 g/mol. The molecule has 2 aromatic carbocycles. The topological polar surface area (TPSA) is 63.9 Å². The number of aromatic hydroxyl groups is 1. The van der Waals surface area contributed by atoms with E-state index in [1.807, 2.05) is 13.0 Å². The van der Waals surface area contributed by atoms with Crippen molar-refractivity contribution in [1.29, 1.82) is 0 Å². The van der Waals surface area contributed by atoms with Crippen molar-refractivity contribution in [2.45, 2.75) is 13.3 Å². The van der Waals surface area contributed by atoms with Gasteiger partial charge in [0.05, 0.1) is 23.9 Å². The van der Waals surface area contributed by atoms with Gasteiger partial charge in [-0.25, -0.2) is 9.98 Å². The first-order chi connectivity index (χ1) is 13.1. The van der Waals surface area contributed by atoms with E-state index in [-0.39, 0.29) is 5.75 Å². The van der Waals surface area contributed by atoms with Gasteiger partial charge in [-0.15, -0.1) is 0 Å². The van der Waals surface area contributed by atoms with Crippen LogP contribution in [0.5, 0.6) is 17.2 Å². The predicted octanol–water partition coefficient (Wildman–Crippen LogP) is 5.34. The van der Waals surface area contributed by atoms with Crippen molar-refractivity contribution in [2.24, 2.45) is 4.99 Å². The highest BCUT2D eigenvalue weighted by atomic mass is 79.9. The van der Waals surface area contributed by atoms with E-state index in [1.54, 1.807) is 36.8 Å². The molecule has 0 fully saturated rings. The van der Waals surface area contributed by atoms with Crippen molar-refractivity contribution in [2.75, 3.05) is 13.7 Å². The van der Waals surface area contributed by atoms with Crippen LogP contribution < -0.4 is 9.47 Å². The molecule has 27 heavy (non-hydrogen) atoms. The molecular weight excluding hydrogens is 428 g/mol. The summed E-state index contributed by atoms with van der Waals surface area (Å²) in [6.45, 7) is 2.35. The van der Waals surface area contributed by atoms with Crippen LogP contribution in [0.2, 0.25) is 0 Å². The zero-order valence-electron chi connectivity index (χ0n) is 14.8. The van der Waals surface area contributed by atoms with E-state index in [1.165, 1.54) is 10.4 Å². The summed E-state index contributed by atoms with van der Waals surface area (Å²) in [4.78, 5) is 10.4. The lowest BCUT2D eigenvalue weighted by Gasteiger charge is -2.08. The molecule has 0 saturated heterocycles. The number of halogens is 1. The van der Waals surface area contributed by atoms with Crippen LogP contribution >= 0.6 is 27.3 Å². The van der Waals surface area contributed by atoms with Crippen molar-refractivity contribution in [1.82, 2.24) is 4.98 Å². The molecule has 1 N–H and O–H groups in total. The Kier molecular flexibility index (Phi) is 4.88. The van der Waals surface area contributed by atoms with E-state index < -0.39 is 0 Å². The third kappa shape index (κ3) is 3.44. The smallest absolute Gasteiger partial charge is 0.209 e. The molecular formula is C20H17BrN2O3S. The first kappa shape index (κ1) is 18.0. The highest BCUT2D eigenvalue weighted by molar-refractivity contribution is 9.10. The summed E-state index contributed by atoms with van der Waals surface area (Å²) >= 11 is 4.93. The Morgan fingerprint density at radius 3 is 2.96 bits per heavy atom. The number of aromatic nitrogens is 1. The van der Waals surface area contributed by atoms with Crippen molar-refractivity contribution < 1.29 is 14.6 Å². The second-order valence-electron chi connectivity index (χ2n) is 6.01. The Morgan fingerprint density at radius 1 is 1.33 bits per heavy atom. The van der Waals surface area contributed by atoms with Crippen LogP contribution in [0.4, 0.5) is 5.13 Å². The molecule has 1 heterocycles. The Morgan fingerprint density at radius 2 is 2.19 bits per heavy atom. The molecule has 0 unspecified atom stereocenters. The molecule has 3 aromatic rings. The molecule has 0 atom stereocenters. The lowest BCUT2D eigenvalue weighted by Crippen LogP contribution is -1.94. The van der Waals surface area contributed by atoms with Crippen LogP contribution in [0.25, 0.3) is 11.3 Å². The van der Waals surface area contributed by atoms with Gasteiger partial charge >= 0.3 is 0 Å². The number of rotatable bonds is 5. The SMILES string of the molecule is CCOc1cc(C=Nc2nc3c(s2)Cc2cc(OC)ccc2-3)cc(Br)c1O. The van der Waals surface area contributed by atoms with Crippen molar-refractivity contribution in [3.8, 4) is 28.5 Å². The fraction of sp³-hybridized carbons (Fsp3) is 0.200. The summed E-state index contributed by atoms with van der Waals surface area (Å²) in [5.41, 5.74) is 4.22. The molecule has 1 aromatic heterocycles. The largest absolute Gasteiger partial charge is 0.503 e. The van der Waals surface area contributed by atoms with Gasteiger partial charge in [0.2, 0.25) is 5.13 Å². The van der Waals surface area contributed by atoms with Crippen molar-refractivity contribution in [3.63, 3.8) is 0 Å². The zero-order chi connectivity index (χ0) is 19.0. The molecule has 0 radical (unpaired) electrons. The van der Waals surface area contributed by atoms with Gasteiger partial charge in [-0.3, -0.25) is 0 Å². The van der Waals surface area contributed by atoms with Gasteiger partial charge in [0.1, 0.15) is 5.75 Å². The van der Waals surface area contributed by atoms with E-state index in [2.05, 4.69) is 38.0 Å². The number of fused-ring (bicyclic) bond motifs is 3. The Balaban J connectivity index is 1.60. The molecule has 0 spiro atoms. The summed E-state index contributed by atoms with van der Waals surface area (Å²) in [5.74, 6) is 1.39. The molecule has 7 heteroatoms. The number of nitrogens with zero attached hydrogens (tertiary/aromatic N) is 2. The summed E-state index contributed by atoms with van der Waals surface area (Å²) in [6.07, 6.45) is 2.59. The fourth-order valence-electron chi connectivity index (χ4n) is 3.04. The van der Waals surface area contributed by atoms with E-state index in [4.69, 9.17) is 9.47 Å². The first-order valence-electron chi connectivity index (χ1n) is 8.45.